The lowest BCUT2D eigenvalue weighted by atomic mass is 10.2. The molecule has 0 aliphatic heterocycles. The predicted molar refractivity (Wildman–Crippen MR) is 83.1 cm³/mol. The maximum atomic E-state index is 11.2. The maximum Gasteiger partial charge on any atom is 0.346 e. The quantitative estimate of drug-likeness (QED) is 0.884. The summed E-state index contributed by atoms with van der Waals surface area (Å²) in [6, 6.07) is 0. The van der Waals surface area contributed by atoms with Crippen molar-refractivity contribution in [1.29, 1.82) is 0 Å². The number of fused-ring (bicyclic) bond motifs is 1. The molecule has 2 aromatic heterocycles. The van der Waals surface area contributed by atoms with E-state index >= 15 is 0 Å². The molecule has 0 radical (unpaired) electrons. The van der Waals surface area contributed by atoms with E-state index in [2.05, 4.69) is 21.5 Å². The third-order valence-corrected chi connectivity index (χ3v) is 6.35. The molecule has 1 aliphatic carbocycles. The number of aromatic carboxylic acids is 1. The van der Waals surface area contributed by atoms with Crippen LogP contribution in [-0.4, -0.2) is 38.6 Å². The number of hydrogen-bond donors (Lipinski definition) is 2. The van der Waals surface area contributed by atoms with Crippen LogP contribution in [-0.2, 0) is 0 Å². The average molecular weight is 309 g/mol. The van der Waals surface area contributed by atoms with Crippen molar-refractivity contribution < 1.29 is 9.90 Å². The number of anilines is 1. The standard InChI is InChI=1S/C13H15N3O2S2/c1-7-8-10(14-5-13(19-2)3-4-13)15-6-16-11(8)20-9(7)12(17)18/h6H,3-5H2,1-2H3,(H,17,18)(H,14,15,16). The molecule has 1 fully saturated rings. The Morgan fingerprint density at radius 2 is 2.30 bits per heavy atom. The van der Waals surface area contributed by atoms with Crippen molar-refractivity contribution >= 4 is 45.1 Å². The summed E-state index contributed by atoms with van der Waals surface area (Å²) in [5.41, 5.74) is 0.745. The van der Waals surface area contributed by atoms with Crippen LogP contribution < -0.4 is 5.32 Å². The third kappa shape index (κ3) is 2.25. The minimum Gasteiger partial charge on any atom is -0.477 e. The fourth-order valence-corrected chi connectivity index (χ4v) is 3.96. The lowest BCUT2D eigenvalue weighted by Gasteiger charge is -2.14. The van der Waals surface area contributed by atoms with Crippen LogP contribution in [0.2, 0.25) is 0 Å². The van der Waals surface area contributed by atoms with Crippen molar-refractivity contribution in [2.24, 2.45) is 0 Å². The van der Waals surface area contributed by atoms with Crippen LogP contribution in [0.25, 0.3) is 10.2 Å². The van der Waals surface area contributed by atoms with E-state index in [0.717, 1.165) is 28.1 Å². The SMILES string of the molecule is CSC1(CNc2ncnc3sc(C(=O)O)c(C)c23)CC1. The molecule has 0 bridgehead atoms. The summed E-state index contributed by atoms with van der Waals surface area (Å²) in [5, 5.41) is 13.4. The number of hydrogen-bond acceptors (Lipinski definition) is 6. The van der Waals surface area contributed by atoms with Crippen molar-refractivity contribution in [1.82, 2.24) is 9.97 Å². The molecule has 1 saturated carbocycles. The zero-order valence-corrected chi connectivity index (χ0v) is 12.9. The number of nitrogens with zero attached hydrogens (tertiary/aromatic N) is 2. The number of thiophene rings is 1. The fourth-order valence-electron chi connectivity index (χ4n) is 2.25. The van der Waals surface area contributed by atoms with Gasteiger partial charge < -0.3 is 10.4 Å². The molecular weight excluding hydrogens is 294 g/mol. The smallest absolute Gasteiger partial charge is 0.346 e. The van der Waals surface area contributed by atoms with Crippen molar-refractivity contribution in [2.45, 2.75) is 24.5 Å². The van der Waals surface area contributed by atoms with Gasteiger partial charge in [0.05, 0.1) is 5.39 Å². The number of carboxylic acids is 1. The van der Waals surface area contributed by atoms with E-state index < -0.39 is 5.97 Å². The third-order valence-electron chi connectivity index (χ3n) is 3.74. The monoisotopic (exact) mass is 309 g/mol. The minimum atomic E-state index is -0.903. The zero-order valence-electron chi connectivity index (χ0n) is 11.3. The molecule has 5 nitrogen and oxygen atoms in total. The second-order valence-electron chi connectivity index (χ2n) is 5.00. The Kier molecular flexibility index (Phi) is 3.33. The summed E-state index contributed by atoms with van der Waals surface area (Å²) < 4.78 is 0.330. The van der Waals surface area contributed by atoms with Crippen LogP contribution in [0, 0.1) is 6.92 Å². The number of aryl methyl sites for hydroxylation is 1. The predicted octanol–water partition coefficient (Wildman–Crippen LogP) is 3.01. The summed E-state index contributed by atoms with van der Waals surface area (Å²) in [7, 11) is 0. The van der Waals surface area contributed by atoms with Gasteiger partial charge in [0.25, 0.3) is 0 Å². The number of nitrogens with one attached hydrogen (secondary N) is 1. The molecule has 0 aromatic carbocycles. The summed E-state index contributed by atoms with van der Waals surface area (Å²) in [5.74, 6) is -0.157. The number of rotatable bonds is 5. The first kappa shape index (κ1) is 13.6. The van der Waals surface area contributed by atoms with Crippen molar-refractivity contribution in [3.05, 3.63) is 16.8 Å². The highest BCUT2D eigenvalue weighted by Crippen LogP contribution is 2.47. The maximum absolute atomic E-state index is 11.2. The van der Waals surface area contributed by atoms with E-state index in [1.54, 1.807) is 0 Å². The number of aromatic nitrogens is 2. The lowest BCUT2D eigenvalue weighted by Crippen LogP contribution is -2.18. The van der Waals surface area contributed by atoms with Gasteiger partial charge in [-0.2, -0.15) is 11.8 Å². The molecule has 0 atom stereocenters. The Hall–Kier alpha value is -1.34. The number of thioether (sulfide) groups is 1. The molecule has 2 N–H and O–H groups in total. The van der Waals surface area contributed by atoms with E-state index in [0.29, 0.717) is 9.62 Å². The van der Waals surface area contributed by atoms with E-state index in [1.807, 2.05) is 18.7 Å². The topological polar surface area (TPSA) is 75.1 Å². The van der Waals surface area contributed by atoms with Crippen molar-refractivity contribution in [3.63, 3.8) is 0 Å². The Balaban J connectivity index is 1.96. The van der Waals surface area contributed by atoms with Gasteiger partial charge in [0.2, 0.25) is 0 Å². The molecule has 106 valence electrons. The van der Waals surface area contributed by atoms with E-state index in [1.165, 1.54) is 30.5 Å². The molecule has 0 amide bonds. The average Bonchev–Trinajstić information content (AvgIpc) is 3.14. The Morgan fingerprint density at radius 1 is 1.55 bits per heavy atom. The zero-order chi connectivity index (χ0) is 14.3. The van der Waals surface area contributed by atoms with Gasteiger partial charge in [0.15, 0.2) is 0 Å². The van der Waals surface area contributed by atoms with Crippen LogP contribution in [0.1, 0.15) is 28.1 Å². The summed E-state index contributed by atoms with van der Waals surface area (Å²) >= 11 is 3.08. The summed E-state index contributed by atoms with van der Waals surface area (Å²) in [6.07, 6.45) is 6.06. The van der Waals surface area contributed by atoms with Gasteiger partial charge in [0, 0.05) is 11.3 Å². The van der Waals surface area contributed by atoms with Gasteiger partial charge >= 0.3 is 5.97 Å². The second-order valence-corrected chi connectivity index (χ2v) is 7.28. The Bertz CT molecular complexity index is 680. The lowest BCUT2D eigenvalue weighted by molar-refractivity contribution is 0.0701. The van der Waals surface area contributed by atoms with Gasteiger partial charge in [0.1, 0.15) is 21.9 Å². The highest BCUT2D eigenvalue weighted by molar-refractivity contribution is 8.00. The molecule has 0 spiro atoms. The fraction of sp³-hybridized carbons (Fsp3) is 0.462. The number of carboxylic acid groups (broad SMARTS) is 1. The van der Waals surface area contributed by atoms with Gasteiger partial charge in [-0.1, -0.05) is 0 Å². The van der Waals surface area contributed by atoms with E-state index in [9.17, 15) is 9.90 Å². The Morgan fingerprint density at radius 3 is 2.90 bits per heavy atom. The molecule has 7 heteroatoms. The van der Waals surface area contributed by atoms with Crippen LogP contribution in [0.15, 0.2) is 6.33 Å². The largest absolute Gasteiger partial charge is 0.477 e. The van der Waals surface area contributed by atoms with Crippen molar-refractivity contribution in [3.8, 4) is 0 Å². The van der Waals surface area contributed by atoms with Gasteiger partial charge in [-0.25, -0.2) is 14.8 Å². The van der Waals surface area contributed by atoms with Crippen LogP contribution >= 0.6 is 23.1 Å². The first-order chi connectivity index (χ1) is 9.56. The van der Waals surface area contributed by atoms with Crippen LogP contribution in [0.5, 0.6) is 0 Å². The van der Waals surface area contributed by atoms with Gasteiger partial charge in [-0.3, -0.25) is 0 Å². The summed E-state index contributed by atoms with van der Waals surface area (Å²) in [4.78, 5) is 20.8. The molecule has 0 saturated heterocycles. The minimum absolute atomic E-state index is 0.330. The van der Waals surface area contributed by atoms with Crippen LogP contribution in [0.3, 0.4) is 0 Å². The first-order valence-electron chi connectivity index (χ1n) is 6.33. The molecular formula is C13H15N3O2S2. The molecule has 20 heavy (non-hydrogen) atoms. The first-order valence-corrected chi connectivity index (χ1v) is 8.37. The molecule has 2 heterocycles. The molecule has 1 aliphatic rings. The normalized spacial score (nSPS) is 16.3. The summed E-state index contributed by atoms with van der Waals surface area (Å²) in [6.45, 7) is 2.68. The molecule has 3 rings (SSSR count). The van der Waals surface area contributed by atoms with E-state index in [-0.39, 0.29) is 0 Å². The van der Waals surface area contributed by atoms with Crippen LogP contribution in [0.4, 0.5) is 5.82 Å². The molecule has 2 aromatic rings. The van der Waals surface area contributed by atoms with Gasteiger partial charge in [-0.05, 0) is 31.6 Å². The molecule has 0 unspecified atom stereocenters. The highest BCUT2D eigenvalue weighted by Gasteiger charge is 2.41. The van der Waals surface area contributed by atoms with E-state index in [4.69, 9.17) is 0 Å². The second kappa shape index (κ2) is 4.89. The van der Waals surface area contributed by atoms with Gasteiger partial charge in [-0.15, -0.1) is 11.3 Å². The Labute approximate surface area is 124 Å². The highest BCUT2D eigenvalue weighted by atomic mass is 32.2. The van der Waals surface area contributed by atoms with Crippen molar-refractivity contribution in [2.75, 3.05) is 18.1 Å². The number of carbonyl (C=O) groups is 1.